The molecule has 0 aromatic heterocycles. The Morgan fingerprint density at radius 3 is 2.24 bits per heavy atom. The number of ketones is 2. The molecule has 0 N–H and O–H groups in total. The number of ether oxygens (including phenoxy) is 1. The van der Waals surface area contributed by atoms with Gasteiger partial charge in [-0.05, 0) is 17.7 Å². The summed E-state index contributed by atoms with van der Waals surface area (Å²) >= 11 is 3.38. The van der Waals surface area contributed by atoms with E-state index in [4.69, 9.17) is 4.74 Å². The topological polar surface area (TPSA) is 67.2 Å². The quantitative estimate of drug-likeness (QED) is 0.726. The molecule has 2 aromatic rings. The number of Topliss-reactive ketones (excluding diaryl/α,β-unsaturated/α-hetero) is 2. The molecule has 1 unspecified atom stereocenters. The molecule has 0 saturated carbocycles. The predicted octanol–water partition coefficient (Wildman–Crippen LogP) is 4.30. The Bertz CT molecular complexity index is 1030. The van der Waals surface area contributed by atoms with E-state index in [9.17, 15) is 14.9 Å². The van der Waals surface area contributed by atoms with Crippen LogP contribution in [-0.2, 0) is 4.74 Å². The van der Waals surface area contributed by atoms with Crippen LogP contribution in [0.2, 0.25) is 0 Å². The fourth-order valence-corrected chi connectivity index (χ4v) is 3.45. The number of carbonyl (C=O) groups excluding carboxylic acids is 2. The summed E-state index contributed by atoms with van der Waals surface area (Å²) in [5.74, 6) is -1.22. The number of hydrogen-bond acceptors (Lipinski definition) is 4. The zero-order chi connectivity index (χ0) is 17.6. The number of rotatable bonds is 1. The first-order valence-electron chi connectivity index (χ1n) is 7.56. The highest BCUT2D eigenvalue weighted by Gasteiger charge is 2.41. The van der Waals surface area contributed by atoms with Gasteiger partial charge in [0.1, 0.15) is 6.26 Å². The van der Waals surface area contributed by atoms with Crippen LogP contribution in [0, 0.1) is 11.3 Å². The first-order chi connectivity index (χ1) is 12.1. The van der Waals surface area contributed by atoms with E-state index in [-0.39, 0.29) is 22.9 Å². The Hall–Kier alpha value is -2.97. The van der Waals surface area contributed by atoms with Crippen LogP contribution in [0.5, 0.6) is 0 Å². The maximum Gasteiger partial charge on any atom is 0.229 e. The van der Waals surface area contributed by atoms with E-state index in [2.05, 4.69) is 22.0 Å². The zero-order valence-electron chi connectivity index (χ0n) is 12.8. The molecule has 0 saturated heterocycles. The minimum Gasteiger partial charge on any atom is -0.459 e. The molecule has 1 aliphatic carbocycles. The number of allylic oxidation sites excluding steroid dienone is 3. The van der Waals surface area contributed by atoms with Crippen molar-refractivity contribution in [1.82, 2.24) is 0 Å². The van der Waals surface area contributed by atoms with Gasteiger partial charge in [0.2, 0.25) is 5.78 Å². The van der Waals surface area contributed by atoms with Gasteiger partial charge in [-0.3, -0.25) is 9.59 Å². The largest absolute Gasteiger partial charge is 0.459 e. The average Bonchev–Trinajstić information content (AvgIpc) is 2.65. The lowest BCUT2D eigenvalue weighted by molar-refractivity contribution is 0.0911. The van der Waals surface area contributed by atoms with Crippen molar-refractivity contribution in [3.8, 4) is 6.07 Å². The van der Waals surface area contributed by atoms with E-state index in [0.717, 1.165) is 10.0 Å². The Morgan fingerprint density at radius 1 is 0.960 bits per heavy atom. The van der Waals surface area contributed by atoms with Crippen molar-refractivity contribution < 1.29 is 14.3 Å². The van der Waals surface area contributed by atoms with Gasteiger partial charge in [0.25, 0.3) is 0 Å². The summed E-state index contributed by atoms with van der Waals surface area (Å²) in [4.78, 5) is 25.8. The molecule has 4 nitrogen and oxygen atoms in total. The summed E-state index contributed by atoms with van der Waals surface area (Å²) in [6, 6.07) is 16.1. The standard InChI is InChI=1S/C20H10BrNO3/c21-13-7-5-11(6-8-13)16-12(9-22)10-25-20-17(16)18(23)14-3-1-2-4-15(14)19(20)24/h1-8,10,16H. The summed E-state index contributed by atoms with van der Waals surface area (Å²) in [6.07, 6.45) is 1.27. The molecule has 1 heterocycles. The van der Waals surface area contributed by atoms with Crippen molar-refractivity contribution in [3.05, 3.63) is 92.9 Å². The van der Waals surface area contributed by atoms with Crippen molar-refractivity contribution >= 4 is 27.5 Å². The van der Waals surface area contributed by atoms with E-state index in [1.54, 1.807) is 24.3 Å². The molecule has 0 radical (unpaired) electrons. The molecule has 0 amide bonds. The summed E-state index contributed by atoms with van der Waals surface area (Å²) in [5, 5.41) is 9.49. The molecule has 0 fully saturated rings. The van der Waals surface area contributed by atoms with Crippen molar-refractivity contribution in [2.24, 2.45) is 0 Å². The van der Waals surface area contributed by atoms with Crippen LogP contribution < -0.4 is 0 Å². The van der Waals surface area contributed by atoms with Crippen molar-refractivity contribution in [1.29, 1.82) is 5.26 Å². The lowest BCUT2D eigenvalue weighted by Gasteiger charge is -2.29. The van der Waals surface area contributed by atoms with E-state index >= 15 is 0 Å². The third kappa shape index (κ3) is 2.34. The van der Waals surface area contributed by atoms with Crippen LogP contribution in [0.15, 0.2) is 76.2 Å². The number of nitriles is 1. The van der Waals surface area contributed by atoms with Crippen LogP contribution in [0.4, 0.5) is 0 Å². The highest BCUT2D eigenvalue weighted by atomic mass is 79.9. The van der Waals surface area contributed by atoms with Gasteiger partial charge in [-0.1, -0.05) is 52.3 Å². The number of nitrogens with zero attached hydrogens (tertiary/aromatic N) is 1. The van der Waals surface area contributed by atoms with Gasteiger partial charge in [0.15, 0.2) is 11.5 Å². The minimum absolute atomic E-state index is 0.00983. The molecule has 1 aliphatic heterocycles. The van der Waals surface area contributed by atoms with Crippen molar-refractivity contribution in [2.45, 2.75) is 5.92 Å². The molecule has 2 aromatic carbocycles. The molecule has 0 spiro atoms. The maximum atomic E-state index is 13.1. The molecular formula is C20H10BrNO3. The van der Waals surface area contributed by atoms with E-state index in [1.807, 2.05) is 24.3 Å². The fraction of sp³-hybridized carbons (Fsp3) is 0.0500. The molecule has 25 heavy (non-hydrogen) atoms. The maximum absolute atomic E-state index is 13.1. The number of fused-ring (bicyclic) bond motifs is 1. The number of halogens is 1. The van der Waals surface area contributed by atoms with Crippen LogP contribution in [0.1, 0.15) is 32.2 Å². The van der Waals surface area contributed by atoms with Gasteiger partial charge in [-0.15, -0.1) is 0 Å². The molecule has 1 atom stereocenters. The highest BCUT2D eigenvalue weighted by Crippen LogP contribution is 2.42. The van der Waals surface area contributed by atoms with Crippen LogP contribution in [0.25, 0.3) is 0 Å². The number of hydrogen-bond donors (Lipinski definition) is 0. The number of benzene rings is 2. The third-order valence-electron chi connectivity index (χ3n) is 4.35. The van der Waals surface area contributed by atoms with Gasteiger partial charge in [0.05, 0.1) is 23.1 Å². The molecule has 0 bridgehead atoms. The molecule has 120 valence electrons. The lowest BCUT2D eigenvalue weighted by atomic mass is 9.76. The monoisotopic (exact) mass is 391 g/mol. The summed E-state index contributed by atoms with van der Waals surface area (Å²) < 4.78 is 6.30. The second kappa shape index (κ2) is 5.83. The Kier molecular flexibility index (Phi) is 3.63. The zero-order valence-corrected chi connectivity index (χ0v) is 14.4. The molecule has 2 aliphatic rings. The van der Waals surface area contributed by atoms with Gasteiger partial charge >= 0.3 is 0 Å². The first kappa shape index (κ1) is 15.6. The van der Waals surface area contributed by atoms with Crippen LogP contribution in [-0.4, -0.2) is 11.6 Å². The van der Waals surface area contributed by atoms with Gasteiger partial charge < -0.3 is 4.74 Å². The van der Waals surface area contributed by atoms with E-state index in [0.29, 0.717) is 16.7 Å². The summed E-state index contributed by atoms with van der Waals surface area (Å²) in [6.45, 7) is 0. The Labute approximate surface area is 152 Å². The average molecular weight is 392 g/mol. The van der Waals surface area contributed by atoms with Gasteiger partial charge in [0, 0.05) is 15.6 Å². The molecular weight excluding hydrogens is 382 g/mol. The second-order valence-corrected chi connectivity index (χ2v) is 6.65. The lowest BCUT2D eigenvalue weighted by Crippen LogP contribution is -2.29. The van der Waals surface area contributed by atoms with E-state index < -0.39 is 5.92 Å². The third-order valence-corrected chi connectivity index (χ3v) is 4.88. The first-order valence-corrected chi connectivity index (χ1v) is 8.36. The summed E-state index contributed by atoms with van der Waals surface area (Å²) in [5.41, 5.74) is 1.95. The van der Waals surface area contributed by atoms with Crippen molar-refractivity contribution in [3.63, 3.8) is 0 Å². The smallest absolute Gasteiger partial charge is 0.229 e. The normalized spacial score (nSPS) is 18.7. The Morgan fingerprint density at radius 2 is 1.60 bits per heavy atom. The Balaban J connectivity index is 1.93. The van der Waals surface area contributed by atoms with Crippen LogP contribution in [0.3, 0.4) is 0 Å². The molecule has 5 heteroatoms. The predicted molar refractivity (Wildman–Crippen MR) is 93.8 cm³/mol. The number of carbonyl (C=O) groups is 2. The minimum atomic E-state index is -0.619. The highest BCUT2D eigenvalue weighted by molar-refractivity contribution is 9.10. The SMILES string of the molecule is N#CC1=COC2=C(C(=O)c3ccccc3C2=O)C1c1ccc(Br)cc1. The van der Waals surface area contributed by atoms with Crippen LogP contribution >= 0.6 is 15.9 Å². The molecule has 4 rings (SSSR count). The second-order valence-electron chi connectivity index (χ2n) is 5.73. The van der Waals surface area contributed by atoms with Crippen molar-refractivity contribution in [2.75, 3.05) is 0 Å². The van der Waals surface area contributed by atoms with E-state index in [1.165, 1.54) is 6.26 Å². The summed E-state index contributed by atoms with van der Waals surface area (Å²) in [7, 11) is 0. The fourth-order valence-electron chi connectivity index (χ4n) is 3.19. The van der Waals surface area contributed by atoms with Gasteiger partial charge in [-0.25, -0.2) is 0 Å². The van der Waals surface area contributed by atoms with Gasteiger partial charge in [-0.2, -0.15) is 5.26 Å².